The van der Waals surface area contributed by atoms with Crippen LogP contribution in [0.4, 0.5) is 0 Å². The van der Waals surface area contributed by atoms with E-state index in [0.29, 0.717) is 31.3 Å². The maximum Gasteiger partial charge on any atom is 0.243 e. The Morgan fingerprint density at radius 1 is 1.08 bits per heavy atom. The summed E-state index contributed by atoms with van der Waals surface area (Å²) in [5, 5.41) is 3.29. The summed E-state index contributed by atoms with van der Waals surface area (Å²) in [6.45, 7) is 8.97. The number of benzene rings is 1. The molecule has 1 heterocycles. The van der Waals surface area contributed by atoms with Crippen LogP contribution in [-0.4, -0.2) is 51.6 Å². The van der Waals surface area contributed by atoms with Gasteiger partial charge in [0.2, 0.25) is 10.0 Å². The first kappa shape index (κ1) is 20.0. The van der Waals surface area contributed by atoms with E-state index in [-0.39, 0.29) is 10.9 Å². The lowest BCUT2D eigenvalue weighted by molar-refractivity contribution is 0.261. The van der Waals surface area contributed by atoms with E-state index in [4.69, 9.17) is 9.47 Å². The molecular weight excluding hydrogens is 340 g/mol. The topological polar surface area (TPSA) is 67.9 Å². The van der Waals surface area contributed by atoms with Crippen LogP contribution in [0.15, 0.2) is 23.1 Å². The Hall–Kier alpha value is -1.31. The van der Waals surface area contributed by atoms with Crippen LogP contribution in [0.25, 0.3) is 0 Å². The molecule has 1 N–H and O–H groups in total. The van der Waals surface area contributed by atoms with Crippen molar-refractivity contribution in [3.63, 3.8) is 0 Å². The zero-order valence-electron chi connectivity index (χ0n) is 15.5. The number of rotatable bonds is 9. The minimum atomic E-state index is -3.57. The number of hydrogen-bond donors (Lipinski definition) is 1. The van der Waals surface area contributed by atoms with Crippen molar-refractivity contribution in [2.75, 3.05) is 32.8 Å². The van der Waals surface area contributed by atoms with Crippen molar-refractivity contribution in [3.05, 3.63) is 18.2 Å². The molecule has 0 aliphatic carbocycles. The fraction of sp³-hybridized carbons (Fsp3) is 0.667. The van der Waals surface area contributed by atoms with E-state index in [2.05, 4.69) is 5.32 Å². The lowest BCUT2D eigenvalue weighted by Crippen LogP contribution is -2.46. The first-order valence-electron chi connectivity index (χ1n) is 9.16. The molecule has 0 spiro atoms. The first-order valence-corrected chi connectivity index (χ1v) is 10.6. The molecule has 0 saturated carbocycles. The summed E-state index contributed by atoms with van der Waals surface area (Å²) >= 11 is 0. The molecule has 0 bridgehead atoms. The van der Waals surface area contributed by atoms with Gasteiger partial charge in [0, 0.05) is 18.7 Å². The van der Waals surface area contributed by atoms with Crippen molar-refractivity contribution in [2.24, 2.45) is 0 Å². The molecule has 1 aromatic rings. The number of nitrogens with zero attached hydrogens (tertiary/aromatic N) is 1. The molecule has 6 nitrogen and oxygen atoms in total. The standard InChI is InChI=1S/C18H30N2O4S/c1-4-13-20(15-9-11-19-12-10-15)25(21,22)16-7-8-17(23-5-2)18(14-16)24-6-3/h7-8,14-15,19H,4-6,9-13H2,1-3H3. The maximum absolute atomic E-state index is 13.3. The molecule has 0 atom stereocenters. The van der Waals surface area contributed by atoms with Crippen LogP contribution in [0.5, 0.6) is 11.5 Å². The molecule has 2 rings (SSSR count). The summed E-state index contributed by atoms with van der Waals surface area (Å²) in [6, 6.07) is 4.95. The highest BCUT2D eigenvalue weighted by Crippen LogP contribution is 2.32. The van der Waals surface area contributed by atoms with E-state index in [9.17, 15) is 8.42 Å². The molecule has 1 aliphatic heterocycles. The van der Waals surface area contributed by atoms with Crippen LogP contribution in [0.2, 0.25) is 0 Å². The van der Waals surface area contributed by atoms with Crippen molar-refractivity contribution < 1.29 is 17.9 Å². The molecule has 1 aromatic carbocycles. The maximum atomic E-state index is 13.3. The molecule has 0 unspecified atom stereocenters. The van der Waals surface area contributed by atoms with Crippen LogP contribution in [0, 0.1) is 0 Å². The Balaban J connectivity index is 2.36. The molecule has 0 aromatic heterocycles. The van der Waals surface area contributed by atoms with Gasteiger partial charge in [-0.1, -0.05) is 6.92 Å². The third-order valence-electron chi connectivity index (χ3n) is 4.28. The minimum absolute atomic E-state index is 0.0494. The van der Waals surface area contributed by atoms with Crippen molar-refractivity contribution >= 4 is 10.0 Å². The molecular formula is C18H30N2O4S. The van der Waals surface area contributed by atoms with Gasteiger partial charge in [-0.2, -0.15) is 4.31 Å². The Bertz CT molecular complexity index is 642. The van der Waals surface area contributed by atoms with Gasteiger partial charge >= 0.3 is 0 Å². The third-order valence-corrected chi connectivity index (χ3v) is 6.23. The molecule has 1 aliphatic rings. The van der Waals surface area contributed by atoms with Gasteiger partial charge in [0.1, 0.15) is 0 Å². The molecule has 0 amide bonds. The first-order chi connectivity index (χ1) is 12.0. The summed E-state index contributed by atoms with van der Waals surface area (Å²) in [7, 11) is -3.57. The predicted octanol–water partition coefficient (Wildman–Crippen LogP) is 2.64. The fourth-order valence-corrected chi connectivity index (χ4v) is 4.93. The number of piperidine rings is 1. The van der Waals surface area contributed by atoms with Crippen molar-refractivity contribution in [3.8, 4) is 11.5 Å². The smallest absolute Gasteiger partial charge is 0.243 e. The van der Waals surface area contributed by atoms with Gasteiger partial charge in [0.25, 0.3) is 0 Å². The average Bonchev–Trinajstić information content (AvgIpc) is 2.62. The fourth-order valence-electron chi connectivity index (χ4n) is 3.14. The van der Waals surface area contributed by atoms with Crippen LogP contribution in [-0.2, 0) is 10.0 Å². The van der Waals surface area contributed by atoms with E-state index in [1.807, 2.05) is 20.8 Å². The zero-order valence-corrected chi connectivity index (χ0v) is 16.3. The number of nitrogens with one attached hydrogen (secondary N) is 1. The molecule has 25 heavy (non-hydrogen) atoms. The second-order valence-electron chi connectivity index (χ2n) is 6.07. The lowest BCUT2D eigenvalue weighted by Gasteiger charge is -2.33. The third kappa shape index (κ3) is 4.86. The predicted molar refractivity (Wildman–Crippen MR) is 98.9 cm³/mol. The van der Waals surface area contributed by atoms with Crippen LogP contribution >= 0.6 is 0 Å². The van der Waals surface area contributed by atoms with E-state index < -0.39 is 10.0 Å². The average molecular weight is 371 g/mol. The van der Waals surface area contributed by atoms with Crippen LogP contribution in [0.3, 0.4) is 0 Å². The normalized spacial score (nSPS) is 16.2. The van der Waals surface area contributed by atoms with Gasteiger partial charge in [0.05, 0.1) is 18.1 Å². The highest BCUT2D eigenvalue weighted by molar-refractivity contribution is 7.89. The van der Waals surface area contributed by atoms with Crippen LogP contribution < -0.4 is 14.8 Å². The van der Waals surface area contributed by atoms with Crippen molar-refractivity contribution in [1.82, 2.24) is 9.62 Å². The Morgan fingerprint density at radius 3 is 2.32 bits per heavy atom. The van der Waals surface area contributed by atoms with Crippen molar-refractivity contribution in [2.45, 2.75) is 51.0 Å². The van der Waals surface area contributed by atoms with E-state index >= 15 is 0 Å². The highest BCUT2D eigenvalue weighted by Gasteiger charge is 2.32. The Kier molecular flexibility index (Phi) is 7.53. The van der Waals surface area contributed by atoms with Gasteiger partial charge in [-0.05, 0) is 58.3 Å². The molecule has 142 valence electrons. The minimum Gasteiger partial charge on any atom is -0.490 e. The molecule has 7 heteroatoms. The van der Waals surface area contributed by atoms with Gasteiger partial charge in [-0.15, -0.1) is 0 Å². The summed E-state index contributed by atoms with van der Waals surface area (Å²) < 4.78 is 39.3. The van der Waals surface area contributed by atoms with Gasteiger partial charge in [0.15, 0.2) is 11.5 Å². The summed E-state index contributed by atoms with van der Waals surface area (Å²) in [5.74, 6) is 1.05. The summed E-state index contributed by atoms with van der Waals surface area (Å²) in [5.41, 5.74) is 0. The van der Waals surface area contributed by atoms with E-state index in [1.165, 1.54) is 0 Å². The van der Waals surface area contributed by atoms with Gasteiger partial charge < -0.3 is 14.8 Å². The van der Waals surface area contributed by atoms with Crippen molar-refractivity contribution in [1.29, 1.82) is 0 Å². The molecule has 1 fully saturated rings. The van der Waals surface area contributed by atoms with Gasteiger partial charge in [-0.25, -0.2) is 8.42 Å². The quantitative estimate of drug-likeness (QED) is 0.724. The lowest BCUT2D eigenvalue weighted by atomic mass is 10.1. The SMILES string of the molecule is CCCN(C1CCNCC1)S(=O)(=O)c1ccc(OCC)c(OCC)c1. The monoisotopic (exact) mass is 370 g/mol. The Labute approximate surface area is 151 Å². The van der Waals surface area contributed by atoms with E-state index in [1.54, 1.807) is 22.5 Å². The number of ether oxygens (including phenoxy) is 2. The Morgan fingerprint density at radius 2 is 1.72 bits per heavy atom. The second kappa shape index (κ2) is 9.40. The van der Waals surface area contributed by atoms with Crippen LogP contribution in [0.1, 0.15) is 40.0 Å². The molecule has 0 radical (unpaired) electrons. The summed E-state index contributed by atoms with van der Waals surface area (Å²) in [6.07, 6.45) is 2.47. The molecule has 1 saturated heterocycles. The highest BCUT2D eigenvalue weighted by atomic mass is 32.2. The van der Waals surface area contributed by atoms with Gasteiger partial charge in [-0.3, -0.25) is 0 Å². The number of hydrogen-bond acceptors (Lipinski definition) is 5. The second-order valence-corrected chi connectivity index (χ2v) is 7.96. The largest absolute Gasteiger partial charge is 0.490 e. The zero-order chi connectivity index (χ0) is 18.3. The van der Waals surface area contributed by atoms with E-state index in [0.717, 1.165) is 32.4 Å². The number of sulfonamides is 1. The summed E-state index contributed by atoms with van der Waals surface area (Å²) in [4.78, 5) is 0.270.